The second-order valence-corrected chi connectivity index (χ2v) is 7.30. The summed E-state index contributed by atoms with van der Waals surface area (Å²) in [6.07, 6.45) is 5.62. The van der Waals surface area contributed by atoms with Gasteiger partial charge >= 0.3 is 6.03 Å². The molecule has 0 aliphatic heterocycles. The van der Waals surface area contributed by atoms with E-state index < -0.39 is 0 Å². The first-order valence-corrected chi connectivity index (χ1v) is 9.57. The summed E-state index contributed by atoms with van der Waals surface area (Å²) in [7, 11) is 0. The number of pyridine rings is 2. The Morgan fingerprint density at radius 2 is 1.48 bits per heavy atom. The van der Waals surface area contributed by atoms with Gasteiger partial charge in [-0.2, -0.15) is 0 Å². The highest BCUT2D eigenvalue weighted by Gasteiger charge is 2.23. The van der Waals surface area contributed by atoms with Gasteiger partial charge in [-0.05, 0) is 55.3 Å². The second kappa shape index (κ2) is 6.07. The van der Waals surface area contributed by atoms with Gasteiger partial charge in [-0.1, -0.05) is 0 Å². The Kier molecular flexibility index (Phi) is 3.37. The van der Waals surface area contributed by atoms with Crippen molar-refractivity contribution in [2.24, 2.45) is 0 Å². The quantitative estimate of drug-likeness (QED) is 0.354. The molecule has 0 unspecified atom stereocenters. The Morgan fingerprint density at radius 3 is 2.14 bits per heavy atom. The SMILES string of the molecule is O=C(Nc1ccc2nc3c4cccnc4c4ncccc4c3nc2c1)NC1CC1. The Labute approximate surface area is 165 Å². The van der Waals surface area contributed by atoms with Gasteiger partial charge in [0.05, 0.1) is 33.1 Å². The number of amides is 2. The number of hydrogen-bond donors (Lipinski definition) is 2. The average molecular weight is 380 g/mol. The van der Waals surface area contributed by atoms with Gasteiger partial charge in [-0.15, -0.1) is 0 Å². The molecular formula is C22H16N6O. The largest absolute Gasteiger partial charge is 0.335 e. The molecule has 2 aromatic carbocycles. The third-order valence-electron chi connectivity index (χ3n) is 5.18. The third kappa shape index (κ3) is 2.70. The van der Waals surface area contributed by atoms with Crippen LogP contribution in [-0.2, 0) is 0 Å². The minimum atomic E-state index is -0.188. The van der Waals surface area contributed by atoms with Gasteiger partial charge in [0.25, 0.3) is 0 Å². The molecule has 0 spiro atoms. The summed E-state index contributed by atoms with van der Waals surface area (Å²) in [6, 6.07) is 13.5. The van der Waals surface area contributed by atoms with Crippen molar-refractivity contribution in [2.45, 2.75) is 18.9 Å². The van der Waals surface area contributed by atoms with E-state index in [0.29, 0.717) is 11.7 Å². The molecule has 29 heavy (non-hydrogen) atoms. The van der Waals surface area contributed by atoms with Crippen LogP contribution in [0.4, 0.5) is 10.5 Å². The molecule has 3 heterocycles. The zero-order valence-electron chi connectivity index (χ0n) is 15.4. The first-order chi connectivity index (χ1) is 14.3. The zero-order chi connectivity index (χ0) is 19.4. The van der Waals surface area contributed by atoms with Crippen LogP contribution in [-0.4, -0.2) is 32.0 Å². The fraction of sp³-hybridized carbons (Fsp3) is 0.136. The van der Waals surface area contributed by atoms with Crippen LogP contribution in [0.3, 0.4) is 0 Å². The van der Waals surface area contributed by atoms with E-state index in [1.54, 1.807) is 12.4 Å². The Hall–Kier alpha value is -3.87. The van der Waals surface area contributed by atoms with Crippen molar-refractivity contribution in [3.63, 3.8) is 0 Å². The number of rotatable bonds is 2. The number of carbonyl (C=O) groups is 1. The van der Waals surface area contributed by atoms with E-state index in [1.807, 2.05) is 42.5 Å². The predicted molar refractivity (Wildman–Crippen MR) is 113 cm³/mol. The Balaban J connectivity index is 1.57. The normalized spacial score (nSPS) is 13.9. The summed E-state index contributed by atoms with van der Waals surface area (Å²) >= 11 is 0. The molecular weight excluding hydrogens is 364 g/mol. The maximum atomic E-state index is 12.1. The van der Waals surface area contributed by atoms with Gasteiger partial charge in [0.1, 0.15) is 0 Å². The van der Waals surface area contributed by atoms with Crippen molar-refractivity contribution >= 4 is 55.6 Å². The highest BCUT2D eigenvalue weighted by molar-refractivity contribution is 6.21. The number of benzene rings is 2. The summed E-state index contributed by atoms with van der Waals surface area (Å²) in [5, 5.41) is 7.64. The summed E-state index contributed by atoms with van der Waals surface area (Å²) in [5.41, 5.74) is 5.37. The van der Waals surface area contributed by atoms with Crippen molar-refractivity contribution in [1.82, 2.24) is 25.3 Å². The molecule has 1 aliphatic rings. The number of anilines is 1. The molecule has 7 nitrogen and oxygen atoms in total. The molecule has 0 atom stereocenters. The summed E-state index contributed by atoms with van der Waals surface area (Å²) in [5.74, 6) is 0. The number of nitrogens with one attached hydrogen (secondary N) is 2. The molecule has 1 saturated carbocycles. The summed E-state index contributed by atoms with van der Waals surface area (Å²) in [6.45, 7) is 0. The molecule has 1 fully saturated rings. The molecule has 6 rings (SSSR count). The lowest BCUT2D eigenvalue weighted by atomic mass is 10.1. The maximum Gasteiger partial charge on any atom is 0.319 e. The van der Waals surface area contributed by atoms with E-state index in [4.69, 9.17) is 9.97 Å². The molecule has 7 heteroatoms. The number of carbonyl (C=O) groups excluding carboxylic acids is 1. The molecule has 5 aromatic rings. The van der Waals surface area contributed by atoms with E-state index in [0.717, 1.165) is 56.7 Å². The molecule has 3 aromatic heterocycles. The number of fused-ring (bicyclic) bond motifs is 7. The van der Waals surface area contributed by atoms with E-state index >= 15 is 0 Å². The van der Waals surface area contributed by atoms with Crippen LogP contribution in [0.25, 0.3) is 43.9 Å². The van der Waals surface area contributed by atoms with Crippen molar-refractivity contribution in [3.8, 4) is 0 Å². The Morgan fingerprint density at radius 1 is 0.828 bits per heavy atom. The monoisotopic (exact) mass is 380 g/mol. The van der Waals surface area contributed by atoms with Gasteiger partial charge in [0.2, 0.25) is 0 Å². The van der Waals surface area contributed by atoms with Crippen molar-refractivity contribution in [2.75, 3.05) is 5.32 Å². The van der Waals surface area contributed by atoms with E-state index in [1.165, 1.54) is 0 Å². The molecule has 0 bridgehead atoms. The summed E-state index contributed by atoms with van der Waals surface area (Å²) < 4.78 is 0. The number of hydrogen-bond acceptors (Lipinski definition) is 5. The van der Waals surface area contributed by atoms with Crippen molar-refractivity contribution < 1.29 is 4.79 Å². The fourth-order valence-corrected chi connectivity index (χ4v) is 3.66. The minimum absolute atomic E-state index is 0.188. The topological polar surface area (TPSA) is 92.7 Å². The zero-order valence-corrected chi connectivity index (χ0v) is 15.4. The highest BCUT2D eigenvalue weighted by Crippen LogP contribution is 2.32. The van der Waals surface area contributed by atoms with E-state index in [-0.39, 0.29) is 6.03 Å². The minimum Gasteiger partial charge on any atom is -0.335 e. The van der Waals surface area contributed by atoms with Crippen LogP contribution >= 0.6 is 0 Å². The fourth-order valence-electron chi connectivity index (χ4n) is 3.66. The van der Waals surface area contributed by atoms with Gasteiger partial charge in [0, 0.05) is 34.9 Å². The van der Waals surface area contributed by atoms with Crippen LogP contribution in [0.1, 0.15) is 12.8 Å². The van der Waals surface area contributed by atoms with Crippen molar-refractivity contribution in [1.29, 1.82) is 0 Å². The molecule has 1 aliphatic carbocycles. The standard InChI is InChI=1S/C22H16N6O/c29-22(25-12-5-6-12)26-13-7-8-16-17(11-13)28-21-15-4-2-10-24-19(15)18-14(20(21)27-16)3-1-9-23-18/h1-4,7-12H,5-6H2,(H2,25,26,29). The average Bonchev–Trinajstić information content (AvgIpc) is 3.56. The second-order valence-electron chi connectivity index (χ2n) is 7.30. The lowest BCUT2D eigenvalue weighted by molar-refractivity contribution is 0.251. The van der Waals surface area contributed by atoms with Crippen LogP contribution in [0.2, 0.25) is 0 Å². The molecule has 2 amide bonds. The van der Waals surface area contributed by atoms with Gasteiger partial charge in [0.15, 0.2) is 0 Å². The number of urea groups is 1. The maximum absolute atomic E-state index is 12.1. The molecule has 2 N–H and O–H groups in total. The van der Waals surface area contributed by atoms with Crippen LogP contribution in [0, 0.1) is 0 Å². The lowest BCUT2D eigenvalue weighted by Crippen LogP contribution is -2.30. The number of aromatic nitrogens is 4. The summed E-state index contributed by atoms with van der Waals surface area (Å²) in [4.78, 5) is 30.9. The molecule has 0 saturated heterocycles. The molecule has 140 valence electrons. The van der Waals surface area contributed by atoms with Crippen LogP contribution < -0.4 is 10.6 Å². The smallest absolute Gasteiger partial charge is 0.319 e. The first kappa shape index (κ1) is 16.1. The van der Waals surface area contributed by atoms with Gasteiger partial charge in [-0.3, -0.25) is 9.97 Å². The number of nitrogens with zero attached hydrogens (tertiary/aromatic N) is 4. The molecule has 0 radical (unpaired) electrons. The van der Waals surface area contributed by atoms with Gasteiger partial charge < -0.3 is 10.6 Å². The van der Waals surface area contributed by atoms with E-state index in [2.05, 4.69) is 20.6 Å². The van der Waals surface area contributed by atoms with Crippen LogP contribution in [0.15, 0.2) is 54.9 Å². The predicted octanol–water partition coefficient (Wildman–Crippen LogP) is 4.16. The third-order valence-corrected chi connectivity index (χ3v) is 5.18. The van der Waals surface area contributed by atoms with Gasteiger partial charge in [-0.25, -0.2) is 14.8 Å². The highest BCUT2D eigenvalue weighted by atomic mass is 16.2. The lowest BCUT2D eigenvalue weighted by Gasteiger charge is -2.10. The van der Waals surface area contributed by atoms with Crippen molar-refractivity contribution in [3.05, 3.63) is 54.9 Å². The van der Waals surface area contributed by atoms with Crippen LogP contribution in [0.5, 0.6) is 0 Å². The Bertz CT molecular complexity index is 1440. The van der Waals surface area contributed by atoms with E-state index in [9.17, 15) is 4.79 Å². The first-order valence-electron chi connectivity index (χ1n) is 9.57.